The highest BCUT2D eigenvalue weighted by Crippen LogP contribution is 2.34. The minimum atomic E-state index is 0.213. The number of halogens is 1. The summed E-state index contributed by atoms with van der Waals surface area (Å²) < 4.78 is 5.45. The van der Waals surface area contributed by atoms with Crippen molar-refractivity contribution in [2.24, 2.45) is 10.9 Å². The molecule has 0 N–H and O–H groups in total. The van der Waals surface area contributed by atoms with E-state index in [0.717, 1.165) is 44.4 Å². The lowest BCUT2D eigenvalue weighted by Gasteiger charge is -2.10. The number of Topliss-reactive ketones (excluding diaryl/α,β-unsaturated/α-hetero) is 1. The molecule has 2 heterocycles. The second kappa shape index (κ2) is 8.53. The fraction of sp³-hybridized carbons (Fsp3) is 0.261. The number of carbonyl (C=O) groups excluding carboxylic acids is 1. The number of aliphatic imine (C=N–C) groups is 1. The molecule has 144 valence electrons. The predicted octanol–water partition coefficient (Wildman–Crippen LogP) is 5.89. The van der Waals surface area contributed by atoms with E-state index >= 15 is 0 Å². The SMILES string of the molecule is CC(=O)C(C)C.Cc1noc2c1-c1ccccc1C(c1ccc(Cl)cc1)=NC2. The van der Waals surface area contributed by atoms with Crippen molar-refractivity contribution in [3.63, 3.8) is 0 Å². The number of nitrogens with zero attached hydrogens (tertiary/aromatic N) is 2. The number of fused-ring (bicyclic) bond motifs is 3. The molecule has 5 heteroatoms. The molecule has 0 saturated heterocycles. The lowest BCUT2D eigenvalue weighted by Crippen LogP contribution is -2.04. The molecule has 28 heavy (non-hydrogen) atoms. The number of hydrogen-bond donors (Lipinski definition) is 0. The number of carbonyl (C=O) groups is 1. The molecule has 0 saturated carbocycles. The van der Waals surface area contributed by atoms with Crippen LogP contribution in [0.4, 0.5) is 0 Å². The van der Waals surface area contributed by atoms with Crippen LogP contribution in [0.15, 0.2) is 58.0 Å². The van der Waals surface area contributed by atoms with E-state index in [1.807, 2.05) is 57.2 Å². The van der Waals surface area contributed by atoms with Gasteiger partial charge in [-0.15, -0.1) is 0 Å². The van der Waals surface area contributed by atoms with Gasteiger partial charge in [-0.2, -0.15) is 0 Å². The number of aromatic nitrogens is 1. The molecule has 4 nitrogen and oxygen atoms in total. The van der Waals surface area contributed by atoms with Crippen LogP contribution >= 0.6 is 11.6 Å². The van der Waals surface area contributed by atoms with Gasteiger partial charge in [-0.3, -0.25) is 9.79 Å². The van der Waals surface area contributed by atoms with Crippen molar-refractivity contribution in [1.29, 1.82) is 0 Å². The van der Waals surface area contributed by atoms with E-state index in [9.17, 15) is 4.79 Å². The van der Waals surface area contributed by atoms with Crippen LogP contribution in [-0.2, 0) is 11.3 Å². The lowest BCUT2D eigenvalue weighted by atomic mass is 9.93. The maximum atomic E-state index is 10.1. The highest BCUT2D eigenvalue weighted by atomic mass is 35.5. The zero-order valence-corrected chi connectivity index (χ0v) is 17.2. The van der Waals surface area contributed by atoms with Gasteiger partial charge in [-0.1, -0.05) is 67.0 Å². The first kappa shape index (κ1) is 20.0. The van der Waals surface area contributed by atoms with Gasteiger partial charge in [0.1, 0.15) is 12.3 Å². The molecular formula is C23H23ClN2O2. The second-order valence-electron chi connectivity index (χ2n) is 7.05. The summed E-state index contributed by atoms with van der Waals surface area (Å²) in [5, 5.41) is 4.81. The molecule has 0 bridgehead atoms. The minimum Gasteiger partial charge on any atom is -0.358 e. The Morgan fingerprint density at radius 1 is 1.07 bits per heavy atom. The Bertz CT molecular complexity index is 1020. The molecule has 4 rings (SSSR count). The summed E-state index contributed by atoms with van der Waals surface area (Å²) >= 11 is 6.00. The van der Waals surface area contributed by atoms with Gasteiger partial charge in [-0.25, -0.2) is 0 Å². The van der Waals surface area contributed by atoms with Gasteiger partial charge in [0.15, 0.2) is 5.76 Å². The number of ketones is 1. The number of rotatable bonds is 2. The van der Waals surface area contributed by atoms with E-state index in [2.05, 4.69) is 17.3 Å². The molecular weight excluding hydrogens is 372 g/mol. The van der Waals surface area contributed by atoms with E-state index in [-0.39, 0.29) is 11.7 Å². The van der Waals surface area contributed by atoms with Crippen molar-refractivity contribution in [1.82, 2.24) is 5.16 Å². The van der Waals surface area contributed by atoms with Crippen LogP contribution in [-0.4, -0.2) is 16.7 Å². The predicted molar refractivity (Wildman–Crippen MR) is 113 cm³/mol. The molecule has 1 aromatic heterocycles. The van der Waals surface area contributed by atoms with Gasteiger partial charge in [0.25, 0.3) is 0 Å². The molecule has 0 unspecified atom stereocenters. The van der Waals surface area contributed by atoms with Gasteiger partial charge < -0.3 is 4.52 Å². The highest BCUT2D eigenvalue weighted by Gasteiger charge is 2.23. The summed E-state index contributed by atoms with van der Waals surface area (Å²) in [6.07, 6.45) is 0. The van der Waals surface area contributed by atoms with Gasteiger partial charge in [0, 0.05) is 22.1 Å². The number of benzene rings is 2. The Morgan fingerprint density at radius 2 is 1.68 bits per heavy atom. The Labute approximate surface area is 170 Å². The zero-order valence-electron chi connectivity index (χ0n) is 16.5. The monoisotopic (exact) mass is 394 g/mol. The van der Waals surface area contributed by atoms with Crippen LogP contribution in [0.25, 0.3) is 11.1 Å². The molecule has 0 fully saturated rings. The molecule has 0 amide bonds. The average Bonchev–Trinajstić information content (AvgIpc) is 2.95. The van der Waals surface area contributed by atoms with Crippen molar-refractivity contribution in [3.8, 4) is 11.1 Å². The first-order valence-corrected chi connectivity index (χ1v) is 9.62. The molecule has 0 aliphatic carbocycles. The number of hydrogen-bond acceptors (Lipinski definition) is 4. The third-order valence-corrected chi connectivity index (χ3v) is 4.95. The molecule has 0 radical (unpaired) electrons. The Balaban J connectivity index is 0.000000330. The van der Waals surface area contributed by atoms with E-state index < -0.39 is 0 Å². The first-order valence-electron chi connectivity index (χ1n) is 9.24. The third-order valence-electron chi connectivity index (χ3n) is 4.70. The van der Waals surface area contributed by atoms with Crippen LogP contribution in [0, 0.1) is 12.8 Å². The van der Waals surface area contributed by atoms with Crippen LogP contribution < -0.4 is 0 Å². The summed E-state index contributed by atoms with van der Waals surface area (Å²) in [4.78, 5) is 14.9. The van der Waals surface area contributed by atoms with E-state index in [0.29, 0.717) is 6.54 Å². The highest BCUT2D eigenvalue weighted by molar-refractivity contribution is 6.30. The molecule has 3 aromatic rings. The normalized spacial score (nSPS) is 12.3. The van der Waals surface area contributed by atoms with Crippen molar-refractivity contribution >= 4 is 23.1 Å². The minimum absolute atomic E-state index is 0.213. The zero-order chi connectivity index (χ0) is 20.3. The lowest BCUT2D eigenvalue weighted by molar-refractivity contribution is -0.119. The smallest absolute Gasteiger partial charge is 0.166 e. The Kier molecular flexibility index (Phi) is 6.10. The average molecular weight is 395 g/mol. The van der Waals surface area contributed by atoms with Gasteiger partial charge in [-0.05, 0) is 31.5 Å². The Morgan fingerprint density at radius 3 is 2.29 bits per heavy atom. The summed E-state index contributed by atoms with van der Waals surface area (Å²) in [5.41, 5.74) is 6.17. The molecule has 2 aromatic carbocycles. The summed E-state index contributed by atoms with van der Waals surface area (Å²) in [6.45, 7) is 7.84. The fourth-order valence-electron chi connectivity index (χ4n) is 2.87. The van der Waals surface area contributed by atoms with E-state index in [4.69, 9.17) is 21.1 Å². The van der Waals surface area contributed by atoms with E-state index in [1.54, 1.807) is 6.92 Å². The van der Waals surface area contributed by atoms with E-state index in [1.165, 1.54) is 0 Å². The summed E-state index contributed by atoms with van der Waals surface area (Å²) in [6, 6.07) is 16.0. The fourth-order valence-corrected chi connectivity index (χ4v) is 2.99. The van der Waals surface area contributed by atoms with Crippen molar-refractivity contribution in [2.45, 2.75) is 34.2 Å². The van der Waals surface area contributed by atoms with Gasteiger partial charge >= 0.3 is 0 Å². The first-order chi connectivity index (χ1) is 13.4. The summed E-state index contributed by atoms with van der Waals surface area (Å²) in [7, 11) is 0. The third kappa shape index (κ3) is 4.23. The van der Waals surface area contributed by atoms with Crippen molar-refractivity contribution in [3.05, 3.63) is 76.1 Å². The van der Waals surface area contributed by atoms with Crippen LogP contribution in [0.1, 0.15) is 43.4 Å². The topological polar surface area (TPSA) is 55.5 Å². The van der Waals surface area contributed by atoms with Crippen molar-refractivity contribution < 1.29 is 9.32 Å². The largest absolute Gasteiger partial charge is 0.358 e. The molecule has 1 aliphatic heterocycles. The standard InChI is InChI=1S/C18H13ClN2O.C5H10O/c1-11-17-14-4-2-3-5-15(14)18(20-10-16(17)22-21-11)12-6-8-13(19)9-7-12;1-4(2)5(3)6/h2-9H,10H2,1H3;4H,1-3H3. The quantitative estimate of drug-likeness (QED) is 0.544. The van der Waals surface area contributed by atoms with Gasteiger partial charge in [0.05, 0.1) is 17.0 Å². The van der Waals surface area contributed by atoms with Crippen molar-refractivity contribution in [2.75, 3.05) is 0 Å². The molecule has 0 atom stereocenters. The maximum Gasteiger partial charge on any atom is 0.166 e. The van der Waals surface area contributed by atoms with Crippen LogP contribution in [0.5, 0.6) is 0 Å². The Hall–Kier alpha value is -2.72. The second-order valence-corrected chi connectivity index (χ2v) is 7.49. The van der Waals surface area contributed by atoms with Crippen LogP contribution in [0.2, 0.25) is 5.02 Å². The van der Waals surface area contributed by atoms with Crippen LogP contribution in [0.3, 0.4) is 0 Å². The molecule has 1 aliphatic rings. The maximum absolute atomic E-state index is 10.1. The summed E-state index contributed by atoms with van der Waals surface area (Å²) in [5.74, 6) is 1.29. The number of aryl methyl sites for hydroxylation is 1. The van der Waals surface area contributed by atoms with Gasteiger partial charge in [0.2, 0.25) is 0 Å². The molecule has 0 spiro atoms.